The third-order valence-electron chi connectivity index (χ3n) is 3.69. The van der Waals surface area contributed by atoms with E-state index in [0.29, 0.717) is 20.6 Å². The molecule has 0 radical (unpaired) electrons. The van der Waals surface area contributed by atoms with Crippen LogP contribution in [0, 0.1) is 6.92 Å². The van der Waals surface area contributed by atoms with Gasteiger partial charge in [0.25, 0.3) is 11.5 Å². The predicted molar refractivity (Wildman–Crippen MR) is 105 cm³/mol. The van der Waals surface area contributed by atoms with Crippen LogP contribution in [0.25, 0.3) is 12.2 Å². The summed E-state index contributed by atoms with van der Waals surface area (Å²) in [5.41, 5.74) is 2.39. The van der Waals surface area contributed by atoms with E-state index in [-0.39, 0.29) is 11.5 Å². The van der Waals surface area contributed by atoms with Crippen LogP contribution in [0.4, 0.5) is 5.69 Å². The summed E-state index contributed by atoms with van der Waals surface area (Å²) in [7, 11) is 1.58. The number of hydrogen-bond donors (Lipinski definition) is 2. The van der Waals surface area contributed by atoms with Gasteiger partial charge in [0, 0.05) is 17.3 Å². The molecule has 0 aliphatic rings. The zero-order chi connectivity index (χ0) is 18.5. The smallest absolute Gasteiger partial charge is 0.266 e. The molecule has 132 valence electrons. The number of thiazole rings is 1. The number of benzene rings is 2. The van der Waals surface area contributed by atoms with Crippen LogP contribution in [0.5, 0.6) is 5.75 Å². The Bertz CT molecular complexity index is 1100. The highest BCUT2D eigenvalue weighted by atomic mass is 32.1. The van der Waals surface area contributed by atoms with Gasteiger partial charge in [0.15, 0.2) is 0 Å². The lowest BCUT2D eigenvalue weighted by molar-refractivity contribution is -0.110. The Morgan fingerprint density at radius 2 is 1.88 bits per heavy atom. The van der Waals surface area contributed by atoms with Gasteiger partial charge < -0.3 is 15.0 Å². The van der Waals surface area contributed by atoms with E-state index in [1.54, 1.807) is 13.2 Å². The molecule has 0 aliphatic carbocycles. The van der Waals surface area contributed by atoms with Crippen molar-refractivity contribution in [3.05, 3.63) is 79.2 Å². The molecule has 6 heteroatoms. The molecular weight excluding hydrogens is 348 g/mol. The van der Waals surface area contributed by atoms with Gasteiger partial charge in [-0.15, -0.1) is 11.3 Å². The lowest BCUT2D eigenvalue weighted by Gasteiger charge is -2.02. The first kappa shape index (κ1) is 17.7. The fourth-order valence-corrected chi connectivity index (χ4v) is 3.26. The lowest BCUT2D eigenvalue weighted by atomic mass is 10.2. The largest absolute Gasteiger partial charge is 0.496 e. The summed E-state index contributed by atoms with van der Waals surface area (Å²) < 4.78 is 6.28. The molecule has 0 spiro atoms. The number of aryl methyl sites for hydroxylation is 1. The number of carbonyl (C=O) groups excluding carboxylic acids is 1. The zero-order valence-electron chi connectivity index (χ0n) is 14.4. The molecule has 1 heterocycles. The molecule has 3 aromatic rings. The first-order valence-electron chi connectivity index (χ1n) is 7.98. The maximum Gasteiger partial charge on any atom is 0.266 e. The average molecular weight is 366 g/mol. The lowest BCUT2D eigenvalue weighted by Crippen LogP contribution is -2.20. The Morgan fingerprint density at radius 3 is 2.62 bits per heavy atom. The van der Waals surface area contributed by atoms with Gasteiger partial charge in [-0.3, -0.25) is 9.59 Å². The number of rotatable bonds is 4. The van der Waals surface area contributed by atoms with Gasteiger partial charge in [-0.25, -0.2) is 0 Å². The van der Waals surface area contributed by atoms with Crippen molar-refractivity contribution >= 4 is 35.1 Å². The number of aromatic amines is 1. The van der Waals surface area contributed by atoms with E-state index in [9.17, 15) is 9.59 Å². The third kappa shape index (κ3) is 4.29. The molecule has 0 bridgehead atoms. The summed E-state index contributed by atoms with van der Waals surface area (Å²) in [6, 6.07) is 14.9. The Hall–Kier alpha value is -3.12. The summed E-state index contributed by atoms with van der Waals surface area (Å²) >= 11 is 1.22. The highest BCUT2D eigenvalue weighted by Gasteiger charge is 2.02. The maximum atomic E-state index is 12.2. The number of ether oxygens (including phenoxy) is 1. The molecule has 5 nitrogen and oxygen atoms in total. The van der Waals surface area contributed by atoms with E-state index in [0.717, 1.165) is 11.1 Å². The monoisotopic (exact) mass is 366 g/mol. The van der Waals surface area contributed by atoms with E-state index in [1.165, 1.54) is 17.4 Å². The Kier molecular flexibility index (Phi) is 5.34. The van der Waals surface area contributed by atoms with Crippen LogP contribution >= 0.6 is 11.3 Å². The van der Waals surface area contributed by atoms with Crippen LogP contribution in [-0.4, -0.2) is 18.0 Å². The van der Waals surface area contributed by atoms with Crippen LogP contribution in [0.1, 0.15) is 11.1 Å². The Morgan fingerprint density at radius 1 is 1.15 bits per heavy atom. The highest BCUT2D eigenvalue weighted by molar-refractivity contribution is 7.07. The zero-order valence-corrected chi connectivity index (χ0v) is 15.2. The summed E-state index contributed by atoms with van der Waals surface area (Å²) in [5.74, 6) is 0.387. The van der Waals surface area contributed by atoms with Crippen molar-refractivity contribution in [1.82, 2.24) is 4.98 Å². The topological polar surface area (TPSA) is 71.2 Å². The molecule has 0 atom stereocenters. The SMILES string of the molecule is COc1ccccc1C=c1sc(=CC(=O)Nc2ccc(C)cc2)[nH]c1=O. The third-order valence-corrected chi connectivity index (χ3v) is 4.65. The molecule has 0 unspecified atom stereocenters. The maximum absolute atomic E-state index is 12.2. The molecular formula is C20H18N2O3S. The van der Waals surface area contributed by atoms with Gasteiger partial charge in [0.05, 0.1) is 11.6 Å². The fraction of sp³-hybridized carbons (Fsp3) is 0.100. The van der Waals surface area contributed by atoms with Crippen LogP contribution in [-0.2, 0) is 4.79 Å². The van der Waals surface area contributed by atoms with Crippen molar-refractivity contribution < 1.29 is 9.53 Å². The van der Waals surface area contributed by atoms with Gasteiger partial charge in [-0.05, 0) is 31.2 Å². The molecule has 2 N–H and O–H groups in total. The second-order valence-corrected chi connectivity index (χ2v) is 6.75. The van der Waals surface area contributed by atoms with Gasteiger partial charge in [0.2, 0.25) is 0 Å². The molecule has 0 fully saturated rings. The van der Waals surface area contributed by atoms with E-state index < -0.39 is 0 Å². The number of carbonyl (C=O) groups is 1. The van der Waals surface area contributed by atoms with Crippen molar-refractivity contribution in [2.45, 2.75) is 6.92 Å². The molecule has 0 saturated heterocycles. The fourth-order valence-electron chi connectivity index (χ4n) is 2.39. The number of H-pyrrole nitrogens is 1. The summed E-state index contributed by atoms with van der Waals surface area (Å²) in [6.45, 7) is 1.98. The van der Waals surface area contributed by atoms with Crippen molar-refractivity contribution in [2.75, 3.05) is 12.4 Å². The second kappa shape index (κ2) is 7.84. The summed E-state index contributed by atoms with van der Waals surface area (Å²) in [5, 5.41) is 2.77. The van der Waals surface area contributed by atoms with Gasteiger partial charge in [0.1, 0.15) is 10.4 Å². The average Bonchev–Trinajstić information content (AvgIpc) is 2.96. The number of para-hydroxylation sites is 1. The van der Waals surface area contributed by atoms with E-state index in [2.05, 4.69) is 10.3 Å². The van der Waals surface area contributed by atoms with E-state index >= 15 is 0 Å². The second-order valence-electron chi connectivity index (χ2n) is 5.67. The van der Waals surface area contributed by atoms with Crippen molar-refractivity contribution in [1.29, 1.82) is 0 Å². The molecule has 1 aromatic heterocycles. The van der Waals surface area contributed by atoms with Gasteiger partial charge in [-0.1, -0.05) is 35.9 Å². The normalized spacial score (nSPS) is 12.2. The molecule has 0 aliphatic heterocycles. The minimum atomic E-state index is -0.296. The van der Waals surface area contributed by atoms with Crippen LogP contribution < -0.4 is 24.8 Å². The number of hydrogen-bond acceptors (Lipinski definition) is 4. The predicted octanol–water partition coefficient (Wildman–Crippen LogP) is 2.00. The van der Waals surface area contributed by atoms with E-state index in [1.807, 2.05) is 55.5 Å². The van der Waals surface area contributed by atoms with Crippen LogP contribution in [0.3, 0.4) is 0 Å². The first-order chi connectivity index (χ1) is 12.5. The van der Waals surface area contributed by atoms with Crippen LogP contribution in [0.15, 0.2) is 53.3 Å². The quantitative estimate of drug-likeness (QED) is 0.742. The van der Waals surface area contributed by atoms with Crippen LogP contribution in [0.2, 0.25) is 0 Å². The van der Waals surface area contributed by atoms with E-state index in [4.69, 9.17) is 4.74 Å². The number of methoxy groups -OCH3 is 1. The number of amides is 1. The number of anilines is 1. The molecule has 2 aromatic carbocycles. The van der Waals surface area contributed by atoms with Crippen molar-refractivity contribution in [3.63, 3.8) is 0 Å². The number of aromatic nitrogens is 1. The van der Waals surface area contributed by atoms with Gasteiger partial charge >= 0.3 is 0 Å². The van der Waals surface area contributed by atoms with Crippen molar-refractivity contribution in [3.8, 4) is 5.75 Å². The molecule has 1 amide bonds. The minimum Gasteiger partial charge on any atom is -0.496 e. The summed E-state index contributed by atoms with van der Waals surface area (Å²) in [6.07, 6.45) is 3.13. The number of nitrogens with one attached hydrogen (secondary N) is 2. The van der Waals surface area contributed by atoms with Crippen molar-refractivity contribution in [2.24, 2.45) is 0 Å². The first-order valence-corrected chi connectivity index (χ1v) is 8.80. The Balaban J connectivity index is 1.88. The molecule has 26 heavy (non-hydrogen) atoms. The standard InChI is InChI=1S/C20H18N2O3S/c1-13-7-9-15(10-8-13)21-18(23)12-19-22-20(24)17(26-19)11-14-5-3-4-6-16(14)25-2/h3-12H,1-2H3,(H,21,23)(H,22,24). The minimum absolute atomic E-state index is 0.240. The van der Waals surface area contributed by atoms with Gasteiger partial charge in [-0.2, -0.15) is 0 Å². The Labute approximate surface area is 154 Å². The highest BCUT2D eigenvalue weighted by Crippen LogP contribution is 2.17. The summed E-state index contributed by atoms with van der Waals surface area (Å²) in [4.78, 5) is 27.0. The molecule has 3 rings (SSSR count). The molecule has 0 saturated carbocycles.